The Kier molecular flexibility index (Phi) is 5.91. The zero-order valence-corrected chi connectivity index (χ0v) is 17.3. The fourth-order valence-corrected chi connectivity index (χ4v) is 4.07. The van der Waals surface area contributed by atoms with Gasteiger partial charge in [0.25, 0.3) is 5.91 Å². The largest absolute Gasteiger partial charge is 0.478 e. The molecule has 1 aliphatic carbocycles. The molecule has 154 valence electrons. The normalized spacial score (nSPS) is 13.0. The lowest BCUT2D eigenvalue weighted by molar-refractivity contribution is 0.0696. The topological polar surface area (TPSA) is 71.3 Å². The van der Waals surface area contributed by atoms with Crippen molar-refractivity contribution in [2.24, 2.45) is 0 Å². The summed E-state index contributed by atoms with van der Waals surface area (Å²) in [4.78, 5) is 24.0. The quantitative estimate of drug-likeness (QED) is 0.605. The van der Waals surface area contributed by atoms with E-state index in [9.17, 15) is 9.59 Å². The van der Waals surface area contributed by atoms with E-state index in [0.717, 1.165) is 36.8 Å². The first-order chi connectivity index (χ1) is 14.5. The number of hydrogen-bond donors (Lipinski definition) is 2. The molecule has 30 heavy (non-hydrogen) atoms. The van der Waals surface area contributed by atoms with E-state index in [1.807, 2.05) is 30.3 Å². The molecule has 2 N–H and O–H groups in total. The molecule has 0 fully saturated rings. The van der Waals surface area contributed by atoms with Crippen molar-refractivity contribution >= 4 is 23.5 Å². The second kappa shape index (κ2) is 8.76. The molecule has 2 aromatic carbocycles. The van der Waals surface area contributed by atoms with E-state index in [1.54, 1.807) is 24.3 Å². The maximum Gasteiger partial charge on any atom is 0.335 e. The smallest absolute Gasteiger partial charge is 0.335 e. The summed E-state index contributed by atoms with van der Waals surface area (Å²) in [6, 6.07) is 16.3. The van der Waals surface area contributed by atoms with E-state index >= 15 is 0 Å². The molecule has 0 saturated heterocycles. The molecule has 1 aromatic heterocycles. The fourth-order valence-electron chi connectivity index (χ4n) is 3.94. The SMILES string of the molecule is O=C(O)c1ccc(CNC(=O)c2cc3c(n2Cc2ccc(Cl)cc2)CCCC3)cc1. The number of fused-ring (bicyclic) bond motifs is 1. The van der Waals surface area contributed by atoms with Crippen LogP contribution in [0.15, 0.2) is 54.6 Å². The van der Waals surface area contributed by atoms with Gasteiger partial charge in [0.1, 0.15) is 5.69 Å². The summed E-state index contributed by atoms with van der Waals surface area (Å²) in [6.07, 6.45) is 4.26. The molecule has 5 nitrogen and oxygen atoms in total. The molecular weight excluding hydrogens is 400 g/mol. The predicted molar refractivity (Wildman–Crippen MR) is 116 cm³/mol. The zero-order chi connectivity index (χ0) is 21.1. The third-order valence-electron chi connectivity index (χ3n) is 5.55. The van der Waals surface area contributed by atoms with Crippen LogP contribution in [0.1, 0.15) is 56.1 Å². The minimum atomic E-state index is -0.962. The summed E-state index contributed by atoms with van der Waals surface area (Å²) in [7, 11) is 0. The number of carbonyl (C=O) groups excluding carboxylic acids is 1. The highest BCUT2D eigenvalue weighted by atomic mass is 35.5. The average Bonchev–Trinajstić information content (AvgIpc) is 3.12. The van der Waals surface area contributed by atoms with E-state index in [4.69, 9.17) is 16.7 Å². The van der Waals surface area contributed by atoms with Crippen molar-refractivity contribution in [3.05, 3.63) is 93.3 Å². The minimum Gasteiger partial charge on any atom is -0.478 e. The number of rotatable bonds is 6. The standard InChI is InChI=1S/C24H23ClN2O3/c25-20-11-7-17(8-12-20)15-27-21-4-2-1-3-19(21)13-22(27)23(28)26-14-16-5-9-18(10-6-16)24(29)30/h5-13H,1-4,14-15H2,(H,26,28)(H,29,30). The third kappa shape index (κ3) is 4.41. The van der Waals surface area contributed by atoms with Crippen molar-refractivity contribution in [3.8, 4) is 0 Å². The summed E-state index contributed by atoms with van der Waals surface area (Å²) in [5.74, 6) is -1.09. The van der Waals surface area contributed by atoms with Crippen LogP contribution in [0.2, 0.25) is 5.02 Å². The number of carboxylic acid groups (broad SMARTS) is 1. The van der Waals surface area contributed by atoms with Gasteiger partial charge >= 0.3 is 5.97 Å². The highest BCUT2D eigenvalue weighted by Gasteiger charge is 2.22. The number of nitrogens with one attached hydrogen (secondary N) is 1. The Balaban J connectivity index is 1.54. The van der Waals surface area contributed by atoms with E-state index in [1.165, 1.54) is 11.3 Å². The molecule has 0 atom stereocenters. The lowest BCUT2D eigenvalue weighted by Gasteiger charge is -2.17. The zero-order valence-electron chi connectivity index (χ0n) is 16.5. The first-order valence-corrected chi connectivity index (χ1v) is 10.5. The van der Waals surface area contributed by atoms with Crippen LogP contribution in [-0.4, -0.2) is 21.6 Å². The highest BCUT2D eigenvalue weighted by Crippen LogP contribution is 2.26. The second-order valence-corrected chi connectivity index (χ2v) is 8.04. The van der Waals surface area contributed by atoms with Crippen LogP contribution in [0.5, 0.6) is 0 Å². The van der Waals surface area contributed by atoms with Crippen LogP contribution in [0.4, 0.5) is 0 Å². The lowest BCUT2D eigenvalue weighted by Crippen LogP contribution is -2.26. The Morgan fingerprint density at radius 3 is 2.33 bits per heavy atom. The van der Waals surface area contributed by atoms with E-state index in [0.29, 0.717) is 23.8 Å². The lowest BCUT2D eigenvalue weighted by atomic mass is 9.98. The summed E-state index contributed by atoms with van der Waals surface area (Å²) < 4.78 is 2.13. The molecule has 1 aliphatic rings. The van der Waals surface area contributed by atoms with Gasteiger partial charge in [0.15, 0.2) is 0 Å². The van der Waals surface area contributed by atoms with Crippen LogP contribution >= 0.6 is 11.6 Å². The van der Waals surface area contributed by atoms with Crippen molar-refractivity contribution in [2.45, 2.75) is 38.8 Å². The van der Waals surface area contributed by atoms with Gasteiger partial charge < -0.3 is 15.0 Å². The molecule has 0 spiro atoms. The van der Waals surface area contributed by atoms with Gasteiger partial charge in [0.2, 0.25) is 0 Å². The Hall–Kier alpha value is -3.05. The predicted octanol–water partition coefficient (Wildman–Crippen LogP) is 4.70. The molecule has 0 aliphatic heterocycles. The monoisotopic (exact) mass is 422 g/mol. The molecule has 1 amide bonds. The fraction of sp³-hybridized carbons (Fsp3) is 0.250. The van der Waals surface area contributed by atoms with E-state index in [2.05, 4.69) is 9.88 Å². The first kappa shape index (κ1) is 20.2. The van der Waals surface area contributed by atoms with Crippen LogP contribution in [0, 0.1) is 0 Å². The number of carboxylic acids is 1. The van der Waals surface area contributed by atoms with Crippen LogP contribution in [0.25, 0.3) is 0 Å². The number of benzene rings is 2. The van der Waals surface area contributed by atoms with Crippen LogP contribution in [-0.2, 0) is 25.9 Å². The van der Waals surface area contributed by atoms with Gasteiger partial charge in [-0.15, -0.1) is 0 Å². The average molecular weight is 423 g/mol. The number of nitrogens with zero attached hydrogens (tertiary/aromatic N) is 1. The molecule has 6 heteroatoms. The summed E-state index contributed by atoms with van der Waals surface area (Å²) >= 11 is 6.01. The minimum absolute atomic E-state index is 0.124. The Morgan fingerprint density at radius 2 is 1.63 bits per heavy atom. The van der Waals surface area contributed by atoms with Gasteiger partial charge in [-0.05, 0) is 72.7 Å². The maximum atomic E-state index is 13.0. The number of aromatic nitrogens is 1. The van der Waals surface area contributed by atoms with E-state index in [-0.39, 0.29) is 11.5 Å². The number of aryl methyl sites for hydroxylation is 1. The van der Waals surface area contributed by atoms with Crippen LogP contribution < -0.4 is 5.32 Å². The molecule has 0 radical (unpaired) electrons. The van der Waals surface area contributed by atoms with Crippen molar-refractivity contribution in [2.75, 3.05) is 0 Å². The Labute approximate surface area is 180 Å². The van der Waals surface area contributed by atoms with Crippen molar-refractivity contribution in [1.82, 2.24) is 9.88 Å². The molecule has 1 heterocycles. The van der Waals surface area contributed by atoms with Gasteiger partial charge in [-0.2, -0.15) is 0 Å². The van der Waals surface area contributed by atoms with Gasteiger partial charge in [-0.3, -0.25) is 4.79 Å². The van der Waals surface area contributed by atoms with Gasteiger partial charge in [-0.1, -0.05) is 35.9 Å². The van der Waals surface area contributed by atoms with Crippen molar-refractivity contribution in [3.63, 3.8) is 0 Å². The van der Waals surface area contributed by atoms with Crippen molar-refractivity contribution in [1.29, 1.82) is 0 Å². The first-order valence-electron chi connectivity index (χ1n) is 10.1. The number of aromatic carboxylic acids is 1. The molecular formula is C24H23ClN2O3. The number of carbonyl (C=O) groups is 2. The molecule has 0 saturated carbocycles. The highest BCUT2D eigenvalue weighted by molar-refractivity contribution is 6.30. The molecule has 4 rings (SSSR count). The van der Waals surface area contributed by atoms with Crippen molar-refractivity contribution < 1.29 is 14.7 Å². The number of amides is 1. The second-order valence-electron chi connectivity index (χ2n) is 7.61. The molecule has 3 aromatic rings. The molecule has 0 unspecified atom stereocenters. The number of hydrogen-bond acceptors (Lipinski definition) is 2. The summed E-state index contributed by atoms with van der Waals surface area (Å²) in [5.41, 5.74) is 5.35. The third-order valence-corrected chi connectivity index (χ3v) is 5.80. The van der Waals surface area contributed by atoms with Gasteiger partial charge in [-0.25, -0.2) is 4.79 Å². The van der Waals surface area contributed by atoms with Crippen LogP contribution in [0.3, 0.4) is 0 Å². The molecule has 0 bridgehead atoms. The summed E-state index contributed by atoms with van der Waals surface area (Å²) in [5, 5.41) is 12.7. The Bertz CT molecular complexity index is 1070. The maximum absolute atomic E-state index is 13.0. The number of halogens is 1. The van der Waals surface area contributed by atoms with E-state index < -0.39 is 5.97 Å². The Morgan fingerprint density at radius 1 is 0.967 bits per heavy atom. The van der Waals surface area contributed by atoms with Gasteiger partial charge in [0.05, 0.1) is 5.56 Å². The van der Waals surface area contributed by atoms with Gasteiger partial charge in [0, 0.05) is 23.8 Å². The summed E-state index contributed by atoms with van der Waals surface area (Å²) in [6.45, 7) is 0.970.